The lowest BCUT2D eigenvalue weighted by Crippen LogP contribution is -2.28. The van der Waals surface area contributed by atoms with Crippen molar-refractivity contribution in [3.63, 3.8) is 0 Å². The highest BCUT2D eigenvalue weighted by Crippen LogP contribution is 2.32. The van der Waals surface area contributed by atoms with E-state index in [1.54, 1.807) is 78.9 Å². The third-order valence-corrected chi connectivity index (χ3v) is 23.3. The molecule has 6 amide bonds. The molecule has 0 unspecified atom stereocenters. The van der Waals surface area contributed by atoms with Gasteiger partial charge in [-0.1, -0.05) is 225 Å². The quantitative estimate of drug-likeness (QED) is 0.0138. The summed E-state index contributed by atoms with van der Waals surface area (Å²) >= 11 is 11.8. The van der Waals surface area contributed by atoms with Crippen molar-refractivity contribution in [2.75, 3.05) is 42.3 Å². The lowest BCUT2D eigenvalue weighted by molar-refractivity contribution is -0.117. The second kappa shape index (κ2) is 53.7. The lowest BCUT2D eigenvalue weighted by atomic mass is 9.99. The van der Waals surface area contributed by atoms with Gasteiger partial charge in [0.15, 0.2) is 0 Å². The van der Waals surface area contributed by atoms with Crippen LogP contribution in [0.3, 0.4) is 0 Å². The molecule has 28 heteroatoms. The largest absolute Gasteiger partial charge is 0.489 e. The number of nitrogens with one attached hydrogen (secondary N) is 6. The van der Waals surface area contributed by atoms with Crippen LogP contribution in [0, 0.1) is 99.4 Å². The van der Waals surface area contributed by atoms with Crippen LogP contribution in [-0.4, -0.2) is 112 Å². The number of hydrogen-bond acceptors (Lipinski definition) is 18. The Balaban J connectivity index is 0.000000224. The molecule has 12 rings (SSSR count). The maximum Gasteiger partial charge on any atom is 0.292 e. The van der Waals surface area contributed by atoms with Gasteiger partial charge in [-0.15, -0.1) is 0 Å². The molecule has 0 fully saturated rings. The van der Waals surface area contributed by atoms with Crippen LogP contribution in [0.4, 0.5) is 4.39 Å². The van der Waals surface area contributed by atoms with Gasteiger partial charge in [0.1, 0.15) is 80.0 Å². The van der Waals surface area contributed by atoms with Gasteiger partial charge in [0, 0.05) is 122 Å². The first-order valence-electron chi connectivity index (χ1n) is 43.3. The molecule has 0 bridgehead atoms. The van der Waals surface area contributed by atoms with Gasteiger partial charge in [-0.25, -0.2) is 4.39 Å². The maximum absolute atomic E-state index is 14.1. The fourth-order valence-electron chi connectivity index (χ4n) is 13.7. The zero-order valence-electron chi connectivity index (χ0n) is 80.0. The Bertz CT molecular complexity index is 5730. The van der Waals surface area contributed by atoms with Crippen molar-refractivity contribution in [3.8, 4) is 34.5 Å². The van der Waals surface area contributed by atoms with E-state index in [4.69, 9.17) is 40.0 Å². The predicted octanol–water partition coefficient (Wildman–Crippen LogP) is 19.3. The zero-order valence-corrected chi connectivity index (χ0v) is 84.5. The van der Waals surface area contributed by atoms with Gasteiger partial charge in [-0.2, -0.15) is 0 Å². The summed E-state index contributed by atoms with van der Waals surface area (Å²) in [5, 5.41) is 14.4. The Morgan fingerprint density at radius 1 is 0.270 bits per heavy atom. The number of ketones is 6. The van der Waals surface area contributed by atoms with E-state index >= 15 is 0 Å². The minimum absolute atomic E-state index is 0.00844. The second-order valence-electron chi connectivity index (χ2n) is 31.6. The molecule has 137 heavy (non-hydrogen) atoms. The Labute approximate surface area is 825 Å². The van der Waals surface area contributed by atoms with Crippen molar-refractivity contribution in [2.45, 2.75) is 130 Å². The number of aryl methyl sites for hydroxylation is 13. The highest BCUT2D eigenvalue weighted by molar-refractivity contribution is 14.1. The standard InChI is InChI=1S/C19H21NO3.C18H18BrNO3.C18H18ClNO3.C18H18FNO3.C18H18INO3.C18H19NO3/c1-12-8-9-17(14(3)10-12)23-11-16-13(2)6-5-7-15(16)18(21)19(22)20-4;4*1-11-7-8-16(12(2)9-11)23-10-14-13(5-4-6-15(14)19)17(21)18(22)20-3;1-12-8-9-16(13(2)10-12)22-11-14-6-4-5-7-15(14)17(20)18(21)19-3/h5-10H,11H2,1-4H3,(H,20,22);4*4-9H,10H2,1-3H3,(H,20,22);4-10H,11H2,1-3H3,(H,19,21). The summed E-state index contributed by atoms with van der Waals surface area (Å²) in [6.45, 7) is 26.6. The van der Waals surface area contributed by atoms with Crippen molar-refractivity contribution >= 4 is 120 Å². The van der Waals surface area contributed by atoms with Crippen LogP contribution < -0.4 is 60.3 Å². The number of likely N-dealkylation sites (N-methyl/N-ethyl adjacent to an activating group) is 6. The maximum atomic E-state index is 14.1. The molecular weight excluding hydrogens is 1940 g/mol. The third kappa shape index (κ3) is 31.7. The summed E-state index contributed by atoms with van der Waals surface area (Å²) in [7, 11) is 8.53. The number of carbonyl (C=O) groups is 12. The lowest BCUT2D eigenvalue weighted by Gasteiger charge is -2.14. The average molecular weight is 2060 g/mol. The molecule has 0 radical (unpaired) electrons. The fraction of sp³-hybridized carbons (Fsp3) is 0.229. The van der Waals surface area contributed by atoms with Gasteiger partial charge in [0.25, 0.3) is 70.1 Å². The van der Waals surface area contributed by atoms with E-state index in [2.05, 4.69) is 70.4 Å². The molecule has 0 saturated heterocycles. The molecular formula is C109H112BrClFIN6O18. The van der Waals surface area contributed by atoms with E-state index in [-0.39, 0.29) is 56.3 Å². The first-order valence-corrected chi connectivity index (χ1v) is 45.5. The van der Waals surface area contributed by atoms with Crippen molar-refractivity contribution in [2.24, 2.45) is 0 Å². The van der Waals surface area contributed by atoms with E-state index in [1.807, 2.05) is 217 Å². The van der Waals surface area contributed by atoms with Gasteiger partial charge in [0.2, 0.25) is 0 Å². The summed E-state index contributed by atoms with van der Waals surface area (Å²) in [6, 6.07) is 66.9. The number of carbonyl (C=O) groups excluding carboxylic acids is 12. The molecule has 0 saturated carbocycles. The summed E-state index contributed by atoms with van der Waals surface area (Å²) in [5.74, 6) is -3.81. The van der Waals surface area contributed by atoms with E-state index < -0.39 is 76.0 Å². The molecule has 0 heterocycles. The fourth-order valence-corrected chi connectivity index (χ4v) is 15.1. The molecule has 0 aliphatic heterocycles. The van der Waals surface area contributed by atoms with Crippen molar-refractivity contribution in [1.29, 1.82) is 0 Å². The van der Waals surface area contributed by atoms with Crippen LogP contribution in [0.2, 0.25) is 5.02 Å². The van der Waals surface area contributed by atoms with Crippen molar-refractivity contribution in [3.05, 3.63) is 382 Å². The van der Waals surface area contributed by atoms with Crippen LogP contribution in [-0.2, 0) is 68.4 Å². The Hall–Kier alpha value is -14.3. The predicted molar refractivity (Wildman–Crippen MR) is 541 cm³/mol. The molecule has 12 aromatic carbocycles. The number of ether oxygens (including phenoxy) is 6. The summed E-state index contributed by atoms with van der Waals surface area (Å²) in [4.78, 5) is 142. The summed E-state index contributed by atoms with van der Waals surface area (Å²) in [6.07, 6.45) is 0. The third-order valence-electron chi connectivity index (χ3n) is 21.2. The number of hydrogen-bond donors (Lipinski definition) is 6. The molecule has 0 atom stereocenters. The Kier molecular flexibility index (Phi) is 43.0. The van der Waals surface area contributed by atoms with E-state index in [9.17, 15) is 61.9 Å². The molecule has 714 valence electrons. The molecule has 0 aromatic heterocycles. The van der Waals surface area contributed by atoms with Gasteiger partial charge < -0.3 is 60.3 Å². The number of rotatable bonds is 30. The van der Waals surface area contributed by atoms with Crippen molar-refractivity contribution < 1.29 is 90.3 Å². The number of halogens is 4. The first kappa shape index (κ1) is 110. The molecule has 0 spiro atoms. The topological polar surface area (TPSA) is 332 Å². The molecule has 0 aliphatic rings. The highest BCUT2D eigenvalue weighted by atomic mass is 127. The molecule has 6 N–H and O–H groups in total. The van der Waals surface area contributed by atoms with Crippen LogP contribution in [0.1, 0.15) is 168 Å². The van der Waals surface area contributed by atoms with Gasteiger partial charge >= 0.3 is 0 Å². The van der Waals surface area contributed by atoms with E-state index in [0.29, 0.717) is 55.5 Å². The van der Waals surface area contributed by atoms with Gasteiger partial charge in [-0.3, -0.25) is 57.5 Å². The highest BCUT2D eigenvalue weighted by Gasteiger charge is 2.27. The van der Waals surface area contributed by atoms with Gasteiger partial charge in [-0.05, 0) is 212 Å². The minimum atomic E-state index is -0.789. The molecule has 12 aromatic rings. The smallest absolute Gasteiger partial charge is 0.292 e. The van der Waals surface area contributed by atoms with E-state index in [1.165, 1.54) is 77.2 Å². The van der Waals surface area contributed by atoms with Crippen LogP contribution in [0.5, 0.6) is 34.5 Å². The average Bonchev–Trinajstić information content (AvgIpc) is 0.802. The number of amides is 6. The van der Waals surface area contributed by atoms with Gasteiger partial charge in [0.05, 0.1) is 0 Å². The van der Waals surface area contributed by atoms with Crippen molar-refractivity contribution in [1.82, 2.24) is 31.9 Å². The normalized spacial score (nSPS) is 10.2. The molecule has 24 nitrogen and oxygen atoms in total. The zero-order chi connectivity index (χ0) is 101. The monoisotopic (exact) mass is 2050 g/mol. The van der Waals surface area contributed by atoms with Crippen LogP contribution in [0.15, 0.2) is 229 Å². The van der Waals surface area contributed by atoms with E-state index in [0.717, 1.165) is 97.8 Å². The minimum Gasteiger partial charge on any atom is -0.489 e. The molecule has 0 aliphatic carbocycles. The SMILES string of the molecule is CNC(=O)C(=O)c1cccc(Br)c1COc1ccc(C)cc1C.CNC(=O)C(=O)c1cccc(C)c1COc1ccc(C)cc1C.CNC(=O)C(=O)c1cccc(Cl)c1COc1ccc(C)cc1C.CNC(=O)C(=O)c1cccc(F)c1COc1ccc(C)cc1C.CNC(=O)C(=O)c1cccc(I)c1COc1ccc(C)cc1C.CNC(=O)C(=O)c1ccccc1COc1ccc(C)cc1C. The van der Waals surface area contributed by atoms with Crippen LogP contribution >= 0.6 is 50.1 Å². The van der Waals surface area contributed by atoms with Crippen LogP contribution in [0.25, 0.3) is 0 Å². The number of Topliss-reactive ketones (excluding diaryl/α,β-unsaturated/α-hetero) is 6. The Morgan fingerprint density at radius 2 is 0.518 bits per heavy atom. The number of benzene rings is 12. The Morgan fingerprint density at radius 3 is 0.869 bits per heavy atom. The second-order valence-corrected chi connectivity index (χ2v) is 34.0. The summed E-state index contributed by atoms with van der Waals surface area (Å²) < 4.78 is 50.5. The summed E-state index contributed by atoms with van der Waals surface area (Å²) in [5.41, 5.74) is 19.0. The first-order chi connectivity index (χ1) is 65.2.